The largest absolute Gasteiger partial charge is 0.467 e. The third-order valence-corrected chi connectivity index (χ3v) is 4.21. The zero-order valence-electron chi connectivity index (χ0n) is 13.7. The van der Waals surface area contributed by atoms with Crippen molar-refractivity contribution in [2.75, 3.05) is 12.4 Å². The summed E-state index contributed by atoms with van der Waals surface area (Å²) in [4.78, 5) is 31.2. The molecule has 2 rings (SSSR count). The van der Waals surface area contributed by atoms with Crippen LogP contribution in [0.3, 0.4) is 0 Å². The Balaban J connectivity index is 2.00. The van der Waals surface area contributed by atoms with E-state index in [2.05, 4.69) is 20.6 Å². The van der Waals surface area contributed by atoms with Crippen molar-refractivity contribution in [3.05, 3.63) is 46.5 Å². The number of rotatable bonds is 7. The topological polar surface area (TPSA) is 96.1 Å². The van der Waals surface area contributed by atoms with Crippen LogP contribution in [0, 0.1) is 0 Å². The van der Waals surface area contributed by atoms with Gasteiger partial charge in [0, 0.05) is 18.3 Å². The molecule has 0 spiro atoms. The van der Waals surface area contributed by atoms with Crippen molar-refractivity contribution >= 4 is 40.8 Å². The lowest BCUT2D eigenvalue weighted by Crippen LogP contribution is -2.48. The summed E-state index contributed by atoms with van der Waals surface area (Å²) in [5.41, 5.74) is 1.28. The number of amides is 1. The number of aromatic amines is 1. The predicted molar refractivity (Wildman–Crippen MR) is 95.8 cm³/mol. The number of aromatic nitrogens is 2. The van der Waals surface area contributed by atoms with Crippen LogP contribution in [0.25, 0.3) is 0 Å². The molecule has 0 bridgehead atoms. The number of carbonyl (C=O) groups excluding carboxylic acids is 2. The Bertz CT molecular complexity index is 737. The van der Waals surface area contributed by atoms with Gasteiger partial charge >= 0.3 is 5.97 Å². The van der Waals surface area contributed by atoms with Gasteiger partial charge in [-0.05, 0) is 25.1 Å². The summed E-state index contributed by atoms with van der Waals surface area (Å²) >= 11 is 11.8. The van der Waals surface area contributed by atoms with E-state index >= 15 is 0 Å². The minimum Gasteiger partial charge on any atom is -0.467 e. The van der Waals surface area contributed by atoms with E-state index in [4.69, 9.17) is 27.9 Å². The predicted octanol–water partition coefficient (Wildman–Crippen LogP) is 2.42. The molecule has 1 aromatic carbocycles. The van der Waals surface area contributed by atoms with Crippen molar-refractivity contribution in [1.29, 1.82) is 0 Å². The molecule has 0 saturated heterocycles. The fraction of sp³-hybridized carbons (Fsp3) is 0.312. The van der Waals surface area contributed by atoms with Crippen molar-refractivity contribution in [2.45, 2.75) is 25.4 Å². The molecule has 7 nitrogen and oxygen atoms in total. The standard InChI is InChI=1S/C16H18Cl2N4O3/c1-9(21-10-3-4-12(17)13(18)5-10)15(23)22-14(16(24)25-2)6-11-7-19-8-20-11/h3-5,7-9,14,21H,6H2,1-2H3,(H,19,20)(H,22,23)/t9-,14-/m0/s1. The van der Waals surface area contributed by atoms with Crippen LogP contribution >= 0.6 is 23.2 Å². The fourth-order valence-corrected chi connectivity index (χ4v) is 2.44. The van der Waals surface area contributed by atoms with E-state index in [-0.39, 0.29) is 12.3 Å². The molecule has 0 saturated carbocycles. The third kappa shape index (κ3) is 5.37. The number of anilines is 1. The van der Waals surface area contributed by atoms with Gasteiger partial charge in [-0.25, -0.2) is 9.78 Å². The lowest BCUT2D eigenvalue weighted by Gasteiger charge is -2.20. The Morgan fingerprint density at radius 3 is 2.68 bits per heavy atom. The minimum absolute atomic E-state index is 0.224. The van der Waals surface area contributed by atoms with Gasteiger partial charge in [0.15, 0.2) is 0 Å². The van der Waals surface area contributed by atoms with Crippen LogP contribution < -0.4 is 10.6 Å². The number of carbonyl (C=O) groups is 2. The smallest absolute Gasteiger partial charge is 0.328 e. The Morgan fingerprint density at radius 2 is 2.08 bits per heavy atom. The zero-order valence-corrected chi connectivity index (χ0v) is 15.2. The summed E-state index contributed by atoms with van der Waals surface area (Å²) in [7, 11) is 1.27. The number of hydrogen-bond acceptors (Lipinski definition) is 5. The van der Waals surface area contributed by atoms with Gasteiger partial charge in [-0.1, -0.05) is 23.2 Å². The molecular formula is C16H18Cl2N4O3. The average Bonchev–Trinajstić information content (AvgIpc) is 3.09. The first-order valence-corrected chi connectivity index (χ1v) is 8.23. The second kappa shape index (κ2) is 8.73. The Kier molecular flexibility index (Phi) is 6.66. The second-order valence-corrected chi connectivity index (χ2v) is 6.16. The SMILES string of the molecule is COC(=O)[C@H](Cc1c[nH]cn1)NC(=O)[C@H](C)Nc1ccc(Cl)c(Cl)c1. The highest BCUT2D eigenvalue weighted by atomic mass is 35.5. The van der Waals surface area contributed by atoms with E-state index in [0.717, 1.165) is 0 Å². The van der Waals surface area contributed by atoms with Gasteiger partial charge in [0.2, 0.25) is 5.91 Å². The molecule has 0 aliphatic rings. The second-order valence-electron chi connectivity index (χ2n) is 5.34. The van der Waals surface area contributed by atoms with Gasteiger partial charge in [-0.2, -0.15) is 0 Å². The van der Waals surface area contributed by atoms with E-state index in [1.807, 2.05) is 0 Å². The van der Waals surface area contributed by atoms with E-state index < -0.39 is 18.1 Å². The van der Waals surface area contributed by atoms with Gasteiger partial charge in [-0.15, -0.1) is 0 Å². The van der Waals surface area contributed by atoms with Gasteiger partial charge in [-0.3, -0.25) is 4.79 Å². The highest BCUT2D eigenvalue weighted by molar-refractivity contribution is 6.42. The molecular weight excluding hydrogens is 367 g/mol. The Labute approximate surface area is 155 Å². The lowest BCUT2D eigenvalue weighted by molar-refractivity contribution is -0.145. The number of nitrogens with one attached hydrogen (secondary N) is 3. The molecule has 0 unspecified atom stereocenters. The van der Waals surface area contributed by atoms with Crippen LogP contribution in [-0.4, -0.2) is 41.0 Å². The number of H-pyrrole nitrogens is 1. The molecule has 1 amide bonds. The van der Waals surface area contributed by atoms with Crippen molar-refractivity contribution in [3.63, 3.8) is 0 Å². The zero-order chi connectivity index (χ0) is 18.4. The number of benzene rings is 1. The molecule has 134 valence electrons. The van der Waals surface area contributed by atoms with Gasteiger partial charge in [0.25, 0.3) is 0 Å². The first kappa shape index (κ1) is 19.1. The summed E-state index contributed by atoms with van der Waals surface area (Å²) in [5.74, 6) is -0.907. The molecule has 25 heavy (non-hydrogen) atoms. The number of nitrogens with zero attached hydrogens (tertiary/aromatic N) is 1. The van der Waals surface area contributed by atoms with Gasteiger partial charge < -0.3 is 20.4 Å². The number of imidazole rings is 1. The maximum atomic E-state index is 12.4. The van der Waals surface area contributed by atoms with E-state index in [1.54, 1.807) is 31.3 Å². The monoisotopic (exact) mass is 384 g/mol. The van der Waals surface area contributed by atoms with Crippen molar-refractivity contribution in [1.82, 2.24) is 15.3 Å². The summed E-state index contributed by atoms with van der Waals surface area (Å²) in [6.45, 7) is 1.67. The molecule has 0 aliphatic carbocycles. The van der Waals surface area contributed by atoms with Crippen LogP contribution in [-0.2, 0) is 20.7 Å². The van der Waals surface area contributed by atoms with Gasteiger partial charge in [0.05, 0.1) is 29.2 Å². The molecule has 2 aromatic rings. The van der Waals surface area contributed by atoms with Crippen molar-refractivity contribution in [2.24, 2.45) is 0 Å². The van der Waals surface area contributed by atoms with Crippen molar-refractivity contribution < 1.29 is 14.3 Å². The van der Waals surface area contributed by atoms with Crippen LogP contribution in [0.1, 0.15) is 12.6 Å². The molecule has 0 fully saturated rings. The quantitative estimate of drug-likeness (QED) is 0.637. The van der Waals surface area contributed by atoms with Crippen LogP contribution in [0.15, 0.2) is 30.7 Å². The van der Waals surface area contributed by atoms with E-state index in [9.17, 15) is 9.59 Å². The number of esters is 1. The summed E-state index contributed by atoms with van der Waals surface area (Å²) in [6.07, 6.45) is 3.38. The van der Waals surface area contributed by atoms with Crippen LogP contribution in [0.5, 0.6) is 0 Å². The Hall–Kier alpha value is -2.25. The first-order chi connectivity index (χ1) is 11.9. The molecule has 0 radical (unpaired) electrons. The summed E-state index contributed by atoms with van der Waals surface area (Å²) < 4.78 is 4.74. The number of halogens is 2. The number of methoxy groups -OCH3 is 1. The van der Waals surface area contributed by atoms with Crippen LogP contribution in [0.4, 0.5) is 5.69 Å². The maximum absolute atomic E-state index is 12.4. The molecule has 2 atom stereocenters. The van der Waals surface area contributed by atoms with Gasteiger partial charge in [0.1, 0.15) is 12.1 Å². The Morgan fingerprint density at radius 1 is 1.32 bits per heavy atom. The maximum Gasteiger partial charge on any atom is 0.328 e. The average molecular weight is 385 g/mol. The van der Waals surface area contributed by atoms with E-state index in [1.165, 1.54) is 13.4 Å². The molecule has 1 heterocycles. The molecule has 1 aromatic heterocycles. The van der Waals surface area contributed by atoms with E-state index in [0.29, 0.717) is 21.4 Å². The molecule has 0 aliphatic heterocycles. The van der Waals surface area contributed by atoms with Crippen LogP contribution in [0.2, 0.25) is 10.0 Å². The summed E-state index contributed by atoms with van der Waals surface area (Å²) in [5, 5.41) is 6.47. The number of hydrogen-bond donors (Lipinski definition) is 3. The highest BCUT2D eigenvalue weighted by Gasteiger charge is 2.25. The molecule has 9 heteroatoms. The highest BCUT2D eigenvalue weighted by Crippen LogP contribution is 2.25. The minimum atomic E-state index is -0.834. The summed E-state index contributed by atoms with van der Waals surface area (Å²) in [6, 6.07) is 3.52. The lowest BCUT2D eigenvalue weighted by atomic mass is 10.1. The van der Waals surface area contributed by atoms with Crippen molar-refractivity contribution in [3.8, 4) is 0 Å². The fourth-order valence-electron chi connectivity index (χ4n) is 2.15. The number of ether oxygens (including phenoxy) is 1. The third-order valence-electron chi connectivity index (χ3n) is 3.47. The molecule has 3 N–H and O–H groups in total. The first-order valence-electron chi connectivity index (χ1n) is 7.48. The normalized spacial score (nSPS) is 13.0.